The van der Waals surface area contributed by atoms with Gasteiger partial charge in [-0.25, -0.2) is 0 Å². The first-order valence-corrected chi connectivity index (χ1v) is 11.6. The maximum Gasteiger partial charge on any atom is 0.234 e. The monoisotopic (exact) mass is 458 g/mol. The minimum absolute atomic E-state index is 0.163. The van der Waals surface area contributed by atoms with E-state index in [2.05, 4.69) is 41.3 Å². The molecule has 0 bridgehead atoms. The molecule has 31 heavy (non-hydrogen) atoms. The summed E-state index contributed by atoms with van der Waals surface area (Å²) in [5.41, 5.74) is 2.96. The van der Waals surface area contributed by atoms with Crippen LogP contribution in [0.25, 0.3) is 11.4 Å². The van der Waals surface area contributed by atoms with Crippen molar-refractivity contribution in [2.45, 2.75) is 32.0 Å². The van der Waals surface area contributed by atoms with Crippen LogP contribution in [0, 0.1) is 6.92 Å². The number of hydrogen-bond donors (Lipinski definition) is 1. The minimum atomic E-state index is -0.163. The Hall–Kier alpha value is -2.78. The van der Waals surface area contributed by atoms with Crippen LogP contribution in [0.3, 0.4) is 0 Å². The summed E-state index contributed by atoms with van der Waals surface area (Å²) in [4.78, 5) is 13.8. The number of nitrogens with zero attached hydrogens (tertiary/aromatic N) is 3. The summed E-state index contributed by atoms with van der Waals surface area (Å²) in [5.74, 6) is 2.03. The predicted molar refractivity (Wildman–Crippen MR) is 127 cm³/mol. The fourth-order valence-corrected chi connectivity index (χ4v) is 4.90. The van der Waals surface area contributed by atoms with Crippen LogP contribution in [0.2, 0.25) is 0 Å². The third kappa shape index (κ3) is 5.11. The summed E-state index contributed by atoms with van der Waals surface area (Å²) in [5, 5.41) is 14.4. The van der Waals surface area contributed by atoms with Gasteiger partial charge in [-0.1, -0.05) is 24.8 Å². The van der Waals surface area contributed by atoms with Crippen LogP contribution in [-0.4, -0.2) is 40.6 Å². The number of thioether (sulfide) groups is 1. The molecule has 1 amide bonds. The number of carbonyl (C=O) groups excluding carboxylic acids is 1. The summed E-state index contributed by atoms with van der Waals surface area (Å²) in [6.07, 6.45) is 2.74. The lowest BCUT2D eigenvalue weighted by Gasteiger charge is -2.12. The number of nitrogens with one attached hydrogen (secondary N) is 1. The molecule has 1 aromatic carbocycles. The molecule has 2 aromatic heterocycles. The van der Waals surface area contributed by atoms with Gasteiger partial charge in [0.1, 0.15) is 11.5 Å². The van der Waals surface area contributed by atoms with Crippen LogP contribution >= 0.6 is 23.1 Å². The van der Waals surface area contributed by atoms with Gasteiger partial charge in [-0.2, -0.15) is 0 Å². The van der Waals surface area contributed by atoms with Crippen LogP contribution in [0.1, 0.15) is 17.4 Å². The number of amides is 1. The molecule has 0 aliphatic carbocycles. The molecule has 0 saturated heterocycles. The third-order valence-electron chi connectivity index (χ3n) is 4.74. The Morgan fingerprint density at radius 1 is 1.32 bits per heavy atom. The second kappa shape index (κ2) is 10.5. The Morgan fingerprint density at radius 3 is 2.81 bits per heavy atom. The average molecular weight is 459 g/mol. The molecular weight excluding hydrogens is 432 g/mol. The summed E-state index contributed by atoms with van der Waals surface area (Å²) in [6, 6.07) is 5.25. The number of hydrogen-bond acceptors (Lipinski definition) is 7. The van der Waals surface area contributed by atoms with Crippen LogP contribution in [0.5, 0.6) is 11.5 Å². The number of rotatable bonds is 10. The van der Waals surface area contributed by atoms with Gasteiger partial charge in [0.2, 0.25) is 5.91 Å². The van der Waals surface area contributed by atoms with Gasteiger partial charge in [-0.15, -0.1) is 28.1 Å². The van der Waals surface area contributed by atoms with Gasteiger partial charge in [0.05, 0.1) is 25.7 Å². The molecular formula is C22H26N4O3S2. The molecule has 3 aromatic rings. The molecule has 0 atom stereocenters. The second-order valence-corrected chi connectivity index (χ2v) is 8.67. The zero-order valence-corrected chi connectivity index (χ0v) is 19.7. The fourth-order valence-electron chi connectivity index (χ4n) is 3.21. The first kappa shape index (κ1) is 22.9. The van der Waals surface area contributed by atoms with E-state index >= 15 is 0 Å². The highest BCUT2D eigenvalue weighted by molar-refractivity contribution is 7.99. The van der Waals surface area contributed by atoms with Crippen molar-refractivity contribution in [1.82, 2.24) is 14.8 Å². The summed E-state index contributed by atoms with van der Waals surface area (Å²) >= 11 is 3.05. The average Bonchev–Trinajstić information content (AvgIpc) is 3.35. The molecule has 0 fully saturated rings. The minimum Gasteiger partial charge on any atom is -0.497 e. The van der Waals surface area contributed by atoms with Gasteiger partial charge in [-0.05, 0) is 31.0 Å². The van der Waals surface area contributed by atoms with Crippen molar-refractivity contribution in [3.05, 3.63) is 46.7 Å². The van der Waals surface area contributed by atoms with Crippen LogP contribution in [0.15, 0.2) is 41.4 Å². The fraction of sp³-hybridized carbons (Fsp3) is 0.318. The molecule has 0 saturated carbocycles. The molecule has 9 heteroatoms. The Bertz CT molecular complexity index is 1070. The quantitative estimate of drug-likeness (QED) is 0.347. The smallest absolute Gasteiger partial charge is 0.234 e. The summed E-state index contributed by atoms with van der Waals surface area (Å²) in [7, 11) is 3.13. The first-order valence-electron chi connectivity index (χ1n) is 9.78. The number of anilines is 1. The van der Waals surface area contributed by atoms with Crippen molar-refractivity contribution in [3.63, 3.8) is 0 Å². The van der Waals surface area contributed by atoms with Crippen LogP contribution < -0.4 is 14.8 Å². The lowest BCUT2D eigenvalue weighted by atomic mass is 10.1. The molecule has 0 aliphatic heterocycles. The number of aromatic nitrogens is 3. The number of methoxy groups -OCH3 is 2. The first-order chi connectivity index (χ1) is 15.0. The molecule has 0 aliphatic rings. The van der Waals surface area contributed by atoms with Gasteiger partial charge in [-0.3, -0.25) is 9.36 Å². The highest BCUT2D eigenvalue weighted by Crippen LogP contribution is 2.33. The predicted octanol–water partition coefficient (Wildman–Crippen LogP) is 4.81. The Morgan fingerprint density at radius 2 is 2.13 bits per heavy atom. The Balaban J connectivity index is 1.75. The van der Waals surface area contributed by atoms with E-state index in [-0.39, 0.29) is 11.7 Å². The topological polar surface area (TPSA) is 78.3 Å². The van der Waals surface area contributed by atoms with Crippen molar-refractivity contribution in [1.29, 1.82) is 0 Å². The van der Waals surface area contributed by atoms with E-state index in [1.807, 2.05) is 10.6 Å². The molecule has 0 spiro atoms. The van der Waals surface area contributed by atoms with E-state index in [0.29, 0.717) is 28.9 Å². The Labute approximate surface area is 190 Å². The van der Waals surface area contributed by atoms with Crippen molar-refractivity contribution in [3.8, 4) is 22.9 Å². The molecule has 2 heterocycles. The van der Waals surface area contributed by atoms with Gasteiger partial charge < -0.3 is 14.8 Å². The zero-order valence-electron chi connectivity index (χ0n) is 18.1. The summed E-state index contributed by atoms with van der Waals surface area (Å²) < 4.78 is 12.5. The van der Waals surface area contributed by atoms with Crippen molar-refractivity contribution < 1.29 is 14.3 Å². The van der Waals surface area contributed by atoms with Crippen molar-refractivity contribution in [2.24, 2.45) is 0 Å². The molecule has 164 valence electrons. The van der Waals surface area contributed by atoms with Crippen molar-refractivity contribution >= 4 is 34.7 Å². The number of carbonyl (C=O) groups is 1. The third-order valence-corrected chi connectivity index (χ3v) is 6.66. The lowest BCUT2D eigenvalue weighted by Crippen LogP contribution is -2.15. The number of ether oxygens (including phenoxy) is 2. The molecule has 1 N–H and O–H groups in total. The van der Waals surface area contributed by atoms with Crippen LogP contribution in [-0.2, 0) is 17.8 Å². The van der Waals surface area contributed by atoms with Gasteiger partial charge >= 0.3 is 0 Å². The van der Waals surface area contributed by atoms with Crippen LogP contribution in [0.4, 0.5) is 5.69 Å². The number of aryl methyl sites for hydroxylation is 1. The standard InChI is InChI=1S/C22H26N4O3S2/c1-6-10-26-21(17-12-30-14(3)16(17)7-2)24-25-22(26)31-13-20(27)23-18-9-8-15(28-4)11-19(18)29-5/h6,8-9,11-12H,1,7,10,13H2,2-5H3,(H,23,27). The maximum atomic E-state index is 12.6. The lowest BCUT2D eigenvalue weighted by molar-refractivity contribution is -0.113. The molecule has 3 rings (SSSR count). The summed E-state index contributed by atoms with van der Waals surface area (Å²) in [6.45, 7) is 8.68. The molecule has 7 nitrogen and oxygen atoms in total. The number of allylic oxidation sites excluding steroid dienone is 1. The molecule has 0 radical (unpaired) electrons. The van der Waals surface area contributed by atoms with E-state index in [9.17, 15) is 4.79 Å². The zero-order chi connectivity index (χ0) is 22.4. The van der Waals surface area contributed by atoms with E-state index in [0.717, 1.165) is 17.8 Å². The number of benzene rings is 1. The van der Waals surface area contributed by atoms with E-state index in [1.54, 1.807) is 43.8 Å². The normalized spacial score (nSPS) is 10.7. The van der Waals surface area contributed by atoms with Gasteiger partial charge in [0, 0.05) is 28.4 Å². The largest absolute Gasteiger partial charge is 0.497 e. The van der Waals surface area contributed by atoms with E-state index in [1.165, 1.54) is 22.2 Å². The highest BCUT2D eigenvalue weighted by Gasteiger charge is 2.19. The maximum absolute atomic E-state index is 12.6. The Kier molecular flexibility index (Phi) is 7.75. The van der Waals surface area contributed by atoms with Crippen molar-refractivity contribution in [2.75, 3.05) is 25.3 Å². The highest BCUT2D eigenvalue weighted by atomic mass is 32.2. The van der Waals surface area contributed by atoms with Gasteiger partial charge in [0.15, 0.2) is 11.0 Å². The van der Waals surface area contributed by atoms with E-state index in [4.69, 9.17) is 9.47 Å². The SMILES string of the molecule is C=CCn1c(SCC(=O)Nc2ccc(OC)cc2OC)nnc1-c1csc(C)c1CC. The van der Waals surface area contributed by atoms with Gasteiger partial charge in [0.25, 0.3) is 0 Å². The molecule has 0 unspecified atom stereocenters. The second-order valence-electron chi connectivity index (χ2n) is 6.65. The van der Waals surface area contributed by atoms with E-state index < -0.39 is 0 Å². The number of thiophene rings is 1.